The maximum absolute atomic E-state index is 12.1. The fourth-order valence-electron chi connectivity index (χ4n) is 2.37. The Kier molecular flexibility index (Phi) is 6.49. The molecule has 0 unspecified atom stereocenters. The molecular weight excluding hydrogens is 360 g/mol. The van der Waals surface area contributed by atoms with E-state index in [-0.39, 0.29) is 11.7 Å². The third kappa shape index (κ3) is 6.14. The molecule has 2 aromatic carbocycles. The number of thioether (sulfide) groups is 1. The van der Waals surface area contributed by atoms with Crippen LogP contribution in [0, 0.1) is 6.92 Å². The van der Waals surface area contributed by atoms with Crippen LogP contribution in [0.5, 0.6) is 5.75 Å². The molecule has 2 aromatic rings. The van der Waals surface area contributed by atoms with E-state index in [1.807, 2.05) is 68.6 Å². The normalized spacial score (nSPS) is 13.6. The molecule has 27 heavy (non-hydrogen) atoms. The van der Waals surface area contributed by atoms with Crippen LogP contribution in [0.3, 0.4) is 0 Å². The Labute approximate surface area is 163 Å². The van der Waals surface area contributed by atoms with Crippen molar-refractivity contribution < 1.29 is 9.53 Å². The minimum atomic E-state index is -0.0581. The van der Waals surface area contributed by atoms with Crippen molar-refractivity contribution in [3.05, 3.63) is 65.7 Å². The van der Waals surface area contributed by atoms with Gasteiger partial charge in [-0.1, -0.05) is 59.8 Å². The van der Waals surface area contributed by atoms with Gasteiger partial charge in [0.15, 0.2) is 0 Å². The van der Waals surface area contributed by atoms with Crippen LogP contribution in [0.2, 0.25) is 0 Å². The zero-order valence-corrected chi connectivity index (χ0v) is 16.2. The number of hydrogen-bond donors (Lipinski definition) is 1. The standard InChI is InChI=1S/C20H22N4O2S/c1-15-8-10-16(11-9-15)12-21-18(25)14-27-20-22-19(13-24(2)23-20)26-17-6-4-3-5-7-17/h3-11H,12-14H2,1-2H3,(H,21,25). The molecule has 0 saturated heterocycles. The van der Waals surface area contributed by atoms with Gasteiger partial charge in [0.2, 0.25) is 17.0 Å². The lowest BCUT2D eigenvalue weighted by atomic mass is 10.1. The van der Waals surface area contributed by atoms with Gasteiger partial charge in [-0.3, -0.25) is 9.80 Å². The Morgan fingerprint density at radius 2 is 1.93 bits per heavy atom. The molecule has 0 radical (unpaired) electrons. The molecule has 7 heteroatoms. The number of amides is 1. The Morgan fingerprint density at radius 3 is 2.67 bits per heavy atom. The Balaban J connectivity index is 1.50. The fourth-order valence-corrected chi connectivity index (χ4v) is 3.10. The van der Waals surface area contributed by atoms with E-state index in [0.29, 0.717) is 24.2 Å². The Hall–Kier alpha value is -2.80. The molecular formula is C20H22N4O2S. The van der Waals surface area contributed by atoms with Crippen molar-refractivity contribution >= 4 is 28.7 Å². The van der Waals surface area contributed by atoms with Gasteiger partial charge >= 0.3 is 0 Å². The van der Waals surface area contributed by atoms with Crippen LogP contribution in [0.25, 0.3) is 0 Å². The molecule has 0 atom stereocenters. The smallest absolute Gasteiger partial charge is 0.230 e. The first-order valence-electron chi connectivity index (χ1n) is 8.64. The summed E-state index contributed by atoms with van der Waals surface area (Å²) >= 11 is 1.29. The van der Waals surface area contributed by atoms with Crippen LogP contribution >= 0.6 is 11.8 Å². The Morgan fingerprint density at radius 1 is 1.19 bits per heavy atom. The average molecular weight is 382 g/mol. The van der Waals surface area contributed by atoms with Crippen molar-refractivity contribution in [2.45, 2.75) is 13.5 Å². The Bertz CT molecular complexity index is 835. The predicted octanol–water partition coefficient (Wildman–Crippen LogP) is 3.04. The van der Waals surface area contributed by atoms with Crippen molar-refractivity contribution in [1.29, 1.82) is 0 Å². The van der Waals surface area contributed by atoms with Gasteiger partial charge < -0.3 is 10.1 Å². The van der Waals surface area contributed by atoms with E-state index >= 15 is 0 Å². The zero-order valence-electron chi connectivity index (χ0n) is 15.4. The van der Waals surface area contributed by atoms with Crippen LogP contribution in [-0.2, 0) is 11.3 Å². The van der Waals surface area contributed by atoms with Crippen molar-refractivity contribution in [3.8, 4) is 5.75 Å². The highest BCUT2D eigenvalue weighted by Gasteiger charge is 2.16. The summed E-state index contributed by atoms with van der Waals surface area (Å²) < 4.78 is 5.79. The molecule has 140 valence electrons. The molecule has 0 spiro atoms. The highest BCUT2D eigenvalue weighted by molar-refractivity contribution is 8.14. The number of ether oxygens (including phenoxy) is 1. The molecule has 1 heterocycles. The summed E-state index contributed by atoms with van der Waals surface area (Å²) in [6.07, 6.45) is 0. The quantitative estimate of drug-likeness (QED) is 0.863. The largest absolute Gasteiger partial charge is 0.441 e. The lowest BCUT2D eigenvalue weighted by Gasteiger charge is -2.20. The fraction of sp³-hybridized carbons (Fsp3) is 0.250. The summed E-state index contributed by atoms with van der Waals surface area (Å²) in [6, 6.07) is 17.6. The third-order valence-electron chi connectivity index (χ3n) is 3.76. The summed E-state index contributed by atoms with van der Waals surface area (Å²) in [4.78, 5) is 16.5. The van der Waals surface area contributed by atoms with Crippen LogP contribution in [0.1, 0.15) is 11.1 Å². The number of nitrogens with zero attached hydrogens (tertiary/aromatic N) is 3. The number of carbonyl (C=O) groups excluding carboxylic acids is 1. The van der Waals surface area contributed by atoms with Crippen LogP contribution in [0.15, 0.2) is 64.7 Å². The summed E-state index contributed by atoms with van der Waals surface area (Å²) in [5.74, 6) is 1.48. The summed E-state index contributed by atoms with van der Waals surface area (Å²) in [5, 5.41) is 9.51. The number of hydrogen-bond acceptors (Lipinski definition) is 6. The lowest BCUT2D eigenvalue weighted by molar-refractivity contribution is -0.118. The number of amidine groups is 1. The SMILES string of the molecule is Cc1ccc(CNC(=O)CSC2=NN(C)CC(Oc3ccccc3)=N2)cc1. The predicted molar refractivity (Wildman–Crippen MR) is 110 cm³/mol. The van der Waals surface area contributed by atoms with E-state index in [0.717, 1.165) is 11.3 Å². The van der Waals surface area contributed by atoms with Gasteiger partial charge in [0, 0.05) is 13.6 Å². The van der Waals surface area contributed by atoms with Gasteiger partial charge in [-0.25, -0.2) is 0 Å². The van der Waals surface area contributed by atoms with Crippen LogP contribution < -0.4 is 10.1 Å². The summed E-state index contributed by atoms with van der Waals surface area (Å²) in [7, 11) is 1.85. The topological polar surface area (TPSA) is 66.3 Å². The molecule has 1 amide bonds. The van der Waals surface area contributed by atoms with Gasteiger partial charge in [0.25, 0.3) is 0 Å². The number of benzene rings is 2. The van der Waals surface area contributed by atoms with Crippen molar-refractivity contribution in [2.75, 3.05) is 19.3 Å². The lowest BCUT2D eigenvalue weighted by Crippen LogP contribution is -2.31. The number of aryl methyl sites for hydroxylation is 1. The third-order valence-corrected chi connectivity index (χ3v) is 4.60. The number of hydrazone groups is 1. The molecule has 0 aliphatic carbocycles. The number of carbonyl (C=O) groups is 1. The molecule has 0 aromatic heterocycles. The van der Waals surface area contributed by atoms with E-state index in [4.69, 9.17) is 4.74 Å². The molecule has 0 saturated carbocycles. The maximum atomic E-state index is 12.1. The molecule has 1 aliphatic heterocycles. The highest BCUT2D eigenvalue weighted by atomic mass is 32.2. The number of rotatable bonds is 5. The molecule has 3 rings (SSSR count). The number of likely N-dealkylation sites (N-methyl/N-ethyl adjacent to an activating group) is 1. The first-order chi connectivity index (χ1) is 13.1. The van der Waals surface area contributed by atoms with Crippen molar-refractivity contribution in [3.63, 3.8) is 0 Å². The minimum Gasteiger partial charge on any atom is -0.441 e. The number of para-hydroxylation sites is 1. The molecule has 0 fully saturated rings. The molecule has 1 N–H and O–H groups in total. The van der Waals surface area contributed by atoms with Gasteiger partial charge in [-0.05, 0) is 24.6 Å². The van der Waals surface area contributed by atoms with E-state index in [1.165, 1.54) is 17.3 Å². The van der Waals surface area contributed by atoms with E-state index < -0.39 is 0 Å². The van der Waals surface area contributed by atoms with Gasteiger partial charge in [-0.2, -0.15) is 4.99 Å². The van der Waals surface area contributed by atoms with E-state index in [9.17, 15) is 4.79 Å². The van der Waals surface area contributed by atoms with Crippen LogP contribution in [0.4, 0.5) is 0 Å². The second-order valence-electron chi connectivity index (χ2n) is 6.17. The molecule has 0 bridgehead atoms. The highest BCUT2D eigenvalue weighted by Crippen LogP contribution is 2.15. The van der Waals surface area contributed by atoms with Crippen molar-refractivity contribution in [1.82, 2.24) is 10.3 Å². The molecule has 1 aliphatic rings. The van der Waals surface area contributed by atoms with E-state index in [2.05, 4.69) is 15.4 Å². The maximum Gasteiger partial charge on any atom is 0.230 e. The minimum absolute atomic E-state index is 0.0581. The summed E-state index contributed by atoms with van der Waals surface area (Å²) in [6.45, 7) is 3.04. The first-order valence-corrected chi connectivity index (χ1v) is 9.62. The van der Waals surface area contributed by atoms with Gasteiger partial charge in [0.1, 0.15) is 12.3 Å². The van der Waals surface area contributed by atoms with E-state index in [1.54, 1.807) is 5.01 Å². The first kappa shape index (κ1) is 19.0. The second-order valence-corrected chi connectivity index (χ2v) is 7.11. The van der Waals surface area contributed by atoms with Crippen molar-refractivity contribution in [2.24, 2.45) is 10.1 Å². The second kappa shape index (κ2) is 9.23. The summed E-state index contributed by atoms with van der Waals surface area (Å²) in [5.41, 5.74) is 2.27. The van der Waals surface area contributed by atoms with Gasteiger partial charge in [-0.15, -0.1) is 5.10 Å². The average Bonchev–Trinajstić information content (AvgIpc) is 2.66. The van der Waals surface area contributed by atoms with Gasteiger partial charge in [0.05, 0.1) is 5.75 Å². The zero-order chi connectivity index (χ0) is 19.1. The molecule has 6 nitrogen and oxygen atoms in total. The van der Waals surface area contributed by atoms with Crippen LogP contribution in [-0.4, -0.2) is 41.3 Å². The number of nitrogens with one attached hydrogen (secondary N) is 1. The number of aliphatic imine (C=N–C) groups is 1. The monoisotopic (exact) mass is 382 g/mol.